The number of nitrogens with one attached hydrogen (secondary N) is 1. The molecule has 1 heterocycles. The zero-order valence-corrected chi connectivity index (χ0v) is 11.6. The molecule has 0 atom stereocenters. The summed E-state index contributed by atoms with van der Waals surface area (Å²) in [5, 5.41) is 5.35. The topological polar surface area (TPSA) is 68.3 Å². The molecule has 0 spiro atoms. The van der Waals surface area contributed by atoms with Crippen molar-refractivity contribution in [1.82, 2.24) is 10.3 Å². The number of aryl methyl sites for hydroxylation is 1. The third-order valence-electron chi connectivity index (χ3n) is 2.17. The highest BCUT2D eigenvalue weighted by Gasteiger charge is 2.29. The van der Waals surface area contributed by atoms with Crippen LogP contribution in [0.1, 0.15) is 24.5 Å². The van der Waals surface area contributed by atoms with Gasteiger partial charge in [0.25, 0.3) is 0 Å². The van der Waals surface area contributed by atoms with E-state index in [2.05, 4.69) is 15.0 Å². The lowest BCUT2D eigenvalue weighted by Gasteiger charge is -2.21. The summed E-state index contributed by atoms with van der Waals surface area (Å²) in [6.07, 6.45) is 2.95. The summed E-state index contributed by atoms with van der Waals surface area (Å²) in [5.41, 5.74) is -0.322. The maximum absolute atomic E-state index is 11.6. The second kappa shape index (κ2) is 5.77. The van der Waals surface area contributed by atoms with Gasteiger partial charge in [-0.05, 0) is 26.8 Å². The Balaban J connectivity index is 2.62. The third-order valence-corrected chi connectivity index (χ3v) is 2.97. The molecule has 0 fully saturated rings. The first-order valence-electron chi connectivity index (χ1n) is 5.36. The molecular formula is C12H16N2O3S. The molecule has 0 aliphatic rings. The van der Waals surface area contributed by atoms with Crippen LogP contribution in [0.3, 0.4) is 0 Å². The van der Waals surface area contributed by atoms with Gasteiger partial charge < -0.3 is 10.1 Å². The number of thiazole rings is 1. The van der Waals surface area contributed by atoms with Crippen LogP contribution in [0.5, 0.6) is 0 Å². The molecule has 0 saturated carbocycles. The Labute approximate surface area is 110 Å². The lowest BCUT2D eigenvalue weighted by Crippen LogP contribution is -2.49. The predicted octanol–water partition coefficient (Wildman–Crippen LogP) is 1.53. The minimum Gasteiger partial charge on any atom is -0.467 e. The molecule has 1 amide bonds. The van der Waals surface area contributed by atoms with Crippen molar-refractivity contribution in [1.29, 1.82) is 0 Å². The summed E-state index contributed by atoms with van der Waals surface area (Å²) in [4.78, 5) is 27.2. The van der Waals surface area contributed by atoms with Crippen molar-refractivity contribution >= 4 is 29.3 Å². The minimum absolute atomic E-state index is 0.365. The summed E-state index contributed by atoms with van der Waals surface area (Å²) in [6, 6.07) is 0. The number of hydrogen-bond acceptors (Lipinski definition) is 5. The van der Waals surface area contributed by atoms with Gasteiger partial charge >= 0.3 is 5.97 Å². The molecule has 0 bridgehead atoms. The van der Waals surface area contributed by atoms with E-state index in [4.69, 9.17) is 0 Å². The molecule has 1 aromatic heterocycles. The highest BCUT2D eigenvalue weighted by atomic mass is 32.1. The molecule has 5 nitrogen and oxygen atoms in total. The summed E-state index contributed by atoms with van der Waals surface area (Å²) >= 11 is 1.51. The van der Waals surface area contributed by atoms with Crippen LogP contribution in [0.25, 0.3) is 6.08 Å². The smallest absolute Gasteiger partial charge is 0.330 e. The largest absolute Gasteiger partial charge is 0.467 e. The first kappa shape index (κ1) is 14.4. The van der Waals surface area contributed by atoms with E-state index in [0.717, 1.165) is 10.7 Å². The molecule has 18 heavy (non-hydrogen) atoms. The predicted molar refractivity (Wildman–Crippen MR) is 70.1 cm³/mol. The number of nitrogens with zero attached hydrogens (tertiary/aromatic N) is 1. The molecule has 0 aliphatic carbocycles. The fraction of sp³-hybridized carbons (Fsp3) is 0.417. The van der Waals surface area contributed by atoms with Crippen LogP contribution >= 0.6 is 11.3 Å². The first-order valence-corrected chi connectivity index (χ1v) is 6.24. The van der Waals surface area contributed by atoms with Crippen molar-refractivity contribution in [2.75, 3.05) is 7.11 Å². The SMILES string of the molecule is COC(=O)C(C)(C)NC(=O)/C=C/c1csc(C)n1. The average Bonchev–Trinajstić information content (AvgIpc) is 2.70. The summed E-state index contributed by atoms with van der Waals surface area (Å²) in [5.74, 6) is -0.857. The molecule has 0 radical (unpaired) electrons. The molecule has 1 aromatic rings. The van der Waals surface area contributed by atoms with E-state index in [1.54, 1.807) is 19.9 Å². The van der Waals surface area contributed by atoms with E-state index >= 15 is 0 Å². The number of amides is 1. The average molecular weight is 268 g/mol. The Morgan fingerprint density at radius 3 is 2.67 bits per heavy atom. The molecule has 0 saturated heterocycles. The summed E-state index contributed by atoms with van der Waals surface area (Å²) in [7, 11) is 1.28. The second-order valence-electron chi connectivity index (χ2n) is 4.23. The molecule has 0 unspecified atom stereocenters. The zero-order chi connectivity index (χ0) is 13.8. The van der Waals surface area contributed by atoms with Crippen LogP contribution in [-0.4, -0.2) is 29.5 Å². The molecule has 1 rings (SSSR count). The first-order chi connectivity index (χ1) is 8.35. The number of aromatic nitrogens is 1. The number of carbonyl (C=O) groups excluding carboxylic acids is 2. The molecule has 0 aliphatic heterocycles. The van der Waals surface area contributed by atoms with Gasteiger partial charge in [-0.1, -0.05) is 0 Å². The highest BCUT2D eigenvalue weighted by Crippen LogP contribution is 2.09. The van der Waals surface area contributed by atoms with Gasteiger partial charge in [-0.3, -0.25) is 4.79 Å². The molecule has 6 heteroatoms. The van der Waals surface area contributed by atoms with Crippen LogP contribution in [-0.2, 0) is 14.3 Å². The van der Waals surface area contributed by atoms with Crippen LogP contribution in [0.2, 0.25) is 0 Å². The van der Waals surface area contributed by atoms with Crippen LogP contribution in [0.4, 0.5) is 0 Å². The normalized spacial score (nSPS) is 11.6. The van der Waals surface area contributed by atoms with Crippen molar-refractivity contribution in [3.63, 3.8) is 0 Å². The number of esters is 1. The van der Waals surface area contributed by atoms with Gasteiger partial charge in [-0.2, -0.15) is 0 Å². The Kier molecular flexibility index (Phi) is 4.61. The third kappa shape index (κ3) is 3.96. The van der Waals surface area contributed by atoms with E-state index in [1.165, 1.54) is 24.5 Å². The zero-order valence-electron chi connectivity index (χ0n) is 10.8. The summed E-state index contributed by atoms with van der Waals surface area (Å²) in [6.45, 7) is 5.05. The monoisotopic (exact) mass is 268 g/mol. The standard InChI is InChI=1S/C12H16N2O3S/c1-8-13-9(7-18-8)5-6-10(15)14-12(2,3)11(16)17-4/h5-7H,1-4H3,(H,14,15)/b6-5+. The van der Waals surface area contributed by atoms with Crippen molar-refractivity contribution in [3.05, 3.63) is 22.2 Å². The molecular weight excluding hydrogens is 252 g/mol. The molecule has 98 valence electrons. The highest BCUT2D eigenvalue weighted by molar-refractivity contribution is 7.09. The Morgan fingerprint density at radius 1 is 1.50 bits per heavy atom. The van der Waals surface area contributed by atoms with E-state index in [9.17, 15) is 9.59 Å². The van der Waals surface area contributed by atoms with E-state index in [1.807, 2.05) is 12.3 Å². The van der Waals surface area contributed by atoms with Gasteiger partial charge in [-0.15, -0.1) is 11.3 Å². The maximum Gasteiger partial charge on any atom is 0.330 e. The Bertz CT molecular complexity index is 477. The fourth-order valence-electron chi connectivity index (χ4n) is 1.27. The molecule has 1 N–H and O–H groups in total. The van der Waals surface area contributed by atoms with E-state index in [-0.39, 0.29) is 5.91 Å². The lowest BCUT2D eigenvalue weighted by atomic mass is 10.1. The van der Waals surface area contributed by atoms with Gasteiger partial charge in [0, 0.05) is 11.5 Å². The van der Waals surface area contributed by atoms with Gasteiger partial charge in [0.2, 0.25) is 5.91 Å². The van der Waals surface area contributed by atoms with Crippen LogP contribution in [0, 0.1) is 6.92 Å². The second-order valence-corrected chi connectivity index (χ2v) is 5.29. The molecule has 0 aromatic carbocycles. The number of ether oxygens (including phenoxy) is 1. The number of rotatable bonds is 4. The number of hydrogen-bond donors (Lipinski definition) is 1. The van der Waals surface area contributed by atoms with Crippen LogP contribution in [0.15, 0.2) is 11.5 Å². The maximum atomic E-state index is 11.6. The number of carbonyl (C=O) groups is 2. The van der Waals surface area contributed by atoms with Crippen molar-refractivity contribution in [3.8, 4) is 0 Å². The van der Waals surface area contributed by atoms with Crippen molar-refractivity contribution < 1.29 is 14.3 Å². The Morgan fingerprint density at radius 2 is 2.17 bits per heavy atom. The van der Waals surface area contributed by atoms with Gasteiger partial charge in [0.1, 0.15) is 5.54 Å². The lowest BCUT2D eigenvalue weighted by molar-refractivity contribution is -0.148. The van der Waals surface area contributed by atoms with Gasteiger partial charge in [0.05, 0.1) is 17.8 Å². The number of methoxy groups -OCH3 is 1. The summed E-state index contributed by atoms with van der Waals surface area (Å²) < 4.78 is 4.59. The van der Waals surface area contributed by atoms with Crippen LogP contribution < -0.4 is 5.32 Å². The fourth-order valence-corrected chi connectivity index (χ4v) is 1.85. The van der Waals surface area contributed by atoms with Gasteiger partial charge in [0.15, 0.2) is 0 Å². The quantitative estimate of drug-likeness (QED) is 0.664. The van der Waals surface area contributed by atoms with Gasteiger partial charge in [-0.25, -0.2) is 9.78 Å². The minimum atomic E-state index is -1.05. The Hall–Kier alpha value is -1.69. The van der Waals surface area contributed by atoms with E-state index < -0.39 is 11.5 Å². The van der Waals surface area contributed by atoms with E-state index in [0.29, 0.717) is 0 Å². The van der Waals surface area contributed by atoms with Crippen molar-refractivity contribution in [2.45, 2.75) is 26.3 Å². The van der Waals surface area contributed by atoms with Crippen molar-refractivity contribution in [2.24, 2.45) is 0 Å².